The van der Waals surface area contributed by atoms with Gasteiger partial charge in [-0.15, -0.1) is 0 Å². The Kier molecular flexibility index (Phi) is 6.23. The van der Waals surface area contributed by atoms with Gasteiger partial charge in [-0.25, -0.2) is 0 Å². The van der Waals surface area contributed by atoms with Crippen LogP contribution in [-0.2, 0) is 0 Å². The molecule has 0 rings (SSSR count). The Morgan fingerprint density at radius 1 is 1.17 bits per heavy atom. The van der Waals surface area contributed by atoms with Crippen LogP contribution >= 0.6 is 0 Å². The molecule has 3 atom stereocenters. The van der Waals surface area contributed by atoms with E-state index in [1.165, 1.54) is 0 Å². The number of rotatable bonds is 6. The van der Waals surface area contributed by atoms with Crippen LogP contribution in [0.2, 0.25) is 0 Å². The second-order valence-electron chi connectivity index (χ2n) is 2.62. The van der Waals surface area contributed by atoms with Gasteiger partial charge in [0.25, 0.3) is 0 Å². The summed E-state index contributed by atoms with van der Waals surface area (Å²) < 4.78 is 0. The summed E-state index contributed by atoms with van der Waals surface area (Å²) in [7, 11) is 0. The van der Waals surface area contributed by atoms with E-state index in [0.717, 1.165) is 0 Å². The fourth-order valence-corrected chi connectivity index (χ4v) is 0.777. The van der Waals surface area contributed by atoms with Crippen LogP contribution in [0.25, 0.3) is 0 Å². The first kappa shape index (κ1) is 11.8. The summed E-state index contributed by atoms with van der Waals surface area (Å²) in [6.07, 6.45) is -3.63. The molecule has 0 fully saturated rings. The third-order valence-electron chi connectivity index (χ3n) is 1.58. The number of aliphatic hydroxyl groups excluding tert-OH is 4. The van der Waals surface area contributed by atoms with Crippen LogP contribution in [0.4, 0.5) is 0 Å². The zero-order chi connectivity index (χ0) is 9.56. The standard InChI is InChI=1S/C7H17NO4/c1-2-8-3-5(10)7(12)6(11)4-9/h5-12H,2-4H2,1H3/t5-,6-,7+/m1/s1. The van der Waals surface area contributed by atoms with Gasteiger partial charge in [-0.1, -0.05) is 6.92 Å². The largest absolute Gasteiger partial charge is 0.394 e. The van der Waals surface area contributed by atoms with E-state index in [-0.39, 0.29) is 6.54 Å². The molecule has 0 amide bonds. The molecule has 0 saturated heterocycles. The summed E-state index contributed by atoms with van der Waals surface area (Å²) in [4.78, 5) is 0. The molecule has 0 spiro atoms. The van der Waals surface area contributed by atoms with E-state index in [9.17, 15) is 0 Å². The lowest BCUT2D eigenvalue weighted by atomic mass is 10.1. The van der Waals surface area contributed by atoms with E-state index in [1.807, 2.05) is 6.92 Å². The molecule has 0 aromatic heterocycles. The minimum absolute atomic E-state index is 0.203. The third kappa shape index (κ3) is 3.99. The van der Waals surface area contributed by atoms with E-state index >= 15 is 0 Å². The molecule has 74 valence electrons. The van der Waals surface area contributed by atoms with Gasteiger partial charge in [-0.05, 0) is 6.54 Å². The summed E-state index contributed by atoms with van der Waals surface area (Å²) in [5.41, 5.74) is 0. The van der Waals surface area contributed by atoms with Gasteiger partial charge in [0.15, 0.2) is 0 Å². The summed E-state index contributed by atoms with van der Waals surface area (Å²) in [5, 5.41) is 38.4. The third-order valence-corrected chi connectivity index (χ3v) is 1.58. The van der Waals surface area contributed by atoms with Gasteiger partial charge in [0.05, 0.1) is 12.7 Å². The molecule has 0 aliphatic rings. The maximum absolute atomic E-state index is 9.17. The van der Waals surface area contributed by atoms with Crippen molar-refractivity contribution in [1.82, 2.24) is 5.32 Å². The summed E-state index contributed by atoms with van der Waals surface area (Å²) in [6, 6.07) is 0. The molecule has 12 heavy (non-hydrogen) atoms. The Bertz CT molecular complexity index is 112. The minimum Gasteiger partial charge on any atom is -0.394 e. The van der Waals surface area contributed by atoms with Crippen molar-refractivity contribution >= 4 is 0 Å². The first-order valence-corrected chi connectivity index (χ1v) is 3.99. The van der Waals surface area contributed by atoms with Crippen LogP contribution in [0, 0.1) is 0 Å². The highest BCUT2D eigenvalue weighted by Gasteiger charge is 2.23. The molecular weight excluding hydrogens is 162 g/mol. The fraction of sp³-hybridized carbons (Fsp3) is 1.00. The lowest BCUT2D eigenvalue weighted by Crippen LogP contribution is -2.44. The van der Waals surface area contributed by atoms with Crippen LogP contribution in [0.5, 0.6) is 0 Å². The molecule has 5 heteroatoms. The number of likely N-dealkylation sites (N-methyl/N-ethyl adjacent to an activating group) is 1. The average Bonchev–Trinajstić information content (AvgIpc) is 2.11. The maximum Gasteiger partial charge on any atom is 0.109 e. The molecule has 0 heterocycles. The Balaban J connectivity index is 3.67. The number of aliphatic hydroxyl groups is 4. The van der Waals surface area contributed by atoms with Gasteiger partial charge in [0.1, 0.15) is 12.2 Å². The average molecular weight is 179 g/mol. The SMILES string of the molecule is CCNC[C@@H](O)[C@H](O)[C@H](O)CO. The zero-order valence-corrected chi connectivity index (χ0v) is 7.14. The van der Waals surface area contributed by atoms with Crippen LogP contribution in [0.3, 0.4) is 0 Å². The van der Waals surface area contributed by atoms with Gasteiger partial charge in [0.2, 0.25) is 0 Å². The van der Waals surface area contributed by atoms with Crippen molar-refractivity contribution in [1.29, 1.82) is 0 Å². The summed E-state index contributed by atoms with van der Waals surface area (Å²) in [5.74, 6) is 0. The zero-order valence-electron chi connectivity index (χ0n) is 7.14. The molecule has 0 saturated carbocycles. The number of nitrogens with one attached hydrogen (secondary N) is 1. The van der Waals surface area contributed by atoms with Crippen molar-refractivity contribution in [2.24, 2.45) is 0 Å². The smallest absolute Gasteiger partial charge is 0.109 e. The second kappa shape index (κ2) is 6.33. The van der Waals surface area contributed by atoms with Crippen LogP contribution < -0.4 is 5.32 Å². The lowest BCUT2D eigenvalue weighted by molar-refractivity contribution is -0.0748. The Hall–Kier alpha value is -0.200. The van der Waals surface area contributed by atoms with Gasteiger partial charge in [-0.3, -0.25) is 0 Å². The van der Waals surface area contributed by atoms with Crippen molar-refractivity contribution in [3.63, 3.8) is 0 Å². The van der Waals surface area contributed by atoms with Crippen LogP contribution in [0.1, 0.15) is 6.92 Å². The van der Waals surface area contributed by atoms with E-state index in [1.54, 1.807) is 0 Å². The van der Waals surface area contributed by atoms with Gasteiger partial charge < -0.3 is 25.7 Å². The number of hydrogen-bond acceptors (Lipinski definition) is 5. The Labute approximate surface area is 71.7 Å². The van der Waals surface area contributed by atoms with Crippen LogP contribution in [-0.4, -0.2) is 58.4 Å². The van der Waals surface area contributed by atoms with E-state index in [0.29, 0.717) is 6.54 Å². The summed E-state index contributed by atoms with van der Waals surface area (Å²) >= 11 is 0. The molecular formula is C7H17NO4. The first-order chi connectivity index (χ1) is 5.63. The highest BCUT2D eigenvalue weighted by atomic mass is 16.4. The van der Waals surface area contributed by atoms with E-state index in [4.69, 9.17) is 20.4 Å². The first-order valence-electron chi connectivity index (χ1n) is 3.99. The van der Waals surface area contributed by atoms with Crippen molar-refractivity contribution in [2.75, 3.05) is 19.7 Å². The van der Waals surface area contributed by atoms with Crippen molar-refractivity contribution in [3.05, 3.63) is 0 Å². The fourth-order valence-electron chi connectivity index (χ4n) is 0.777. The molecule has 5 nitrogen and oxygen atoms in total. The summed E-state index contributed by atoms with van der Waals surface area (Å²) in [6.45, 7) is 2.19. The number of hydrogen-bond donors (Lipinski definition) is 5. The topological polar surface area (TPSA) is 93.0 Å². The normalized spacial score (nSPS) is 18.8. The molecule has 0 aromatic carbocycles. The molecule has 0 aromatic rings. The van der Waals surface area contributed by atoms with Gasteiger partial charge in [-0.2, -0.15) is 0 Å². The molecule has 0 aliphatic carbocycles. The van der Waals surface area contributed by atoms with Gasteiger partial charge in [0, 0.05) is 6.54 Å². The van der Waals surface area contributed by atoms with Crippen molar-refractivity contribution < 1.29 is 20.4 Å². The minimum atomic E-state index is -1.30. The molecule has 0 unspecified atom stereocenters. The van der Waals surface area contributed by atoms with Gasteiger partial charge >= 0.3 is 0 Å². The Morgan fingerprint density at radius 2 is 1.75 bits per heavy atom. The predicted molar refractivity (Wildman–Crippen MR) is 43.6 cm³/mol. The molecule has 0 aliphatic heterocycles. The van der Waals surface area contributed by atoms with Crippen LogP contribution in [0.15, 0.2) is 0 Å². The second-order valence-corrected chi connectivity index (χ2v) is 2.62. The highest BCUT2D eigenvalue weighted by molar-refractivity contribution is 4.75. The van der Waals surface area contributed by atoms with Crippen molar-refractivity contribution in [3.8, 4) is 0 Å². The van der Waals surface area contributed by atoms with E-state index < -0.39 is 24.9 Å². The van der Waals surface area contributed by atoms with E-state index in [2.05, 4.69) is 5.32 Å². The highest BCUT2D eigenvalue weighted by Crippen LogP contribution is 1.98. The molecule has 0 bridgehead atoms. The molecule has 0 radical (unpaired) electrons. The monoisotopic (exact) mass is 179 g/mol. The maximum atomic E-state index is 9.17. The molecule has 5 N–H and O–H groups in total. The quantitative estimate of drug-likeness (QED) is 0.315. The predicted octanol–water partition coefficient (Wildman–Crippen LogP) is -2.33. The Morgan fingerprint density at radius 3 is 2.17 bits per heavy atom. The van der Waals surface area contributed by atoms with Crippen molar-refractivity contribution in [2.45, 2.75) is 25.2 Å². The lowest BCUT2D eigenvalue weighted by Gasteiger charge is -2.21.